The van der Waals surface area contributed by atoms with E-state index in [1.54, 1.807) is 23.1 Å². The first-order valence-electron chi connectivity index (χ1n) is 12.0. The molecule has 2 aliphatic rings. The predicted octanol–water partition coefficient (Wildman–Crippen LogP) is 4.45. The van der Waals surface area contributed by atoms with E-state index >= 15 is 0 Å². The molecule has 7 heteroatoms. The minimum Gasteiger partial charge on any atom is -0.484 e. The zero-order valence-corrected chi connectivity index (χ0v) is 19.8. The number of piperidine rings is 1. The molecule has 2 aromatic rings. The molecule has 2 amide bonds. The van der Waals surface area contributed by atoms with E-state index in [-0.39, 0.29) is 30.3 Å². The summed E-state index contributed by atoms with van der Waals surface area (Å²) in [5.41, 5.74) is 0.415. The molecule has 34 heavy (non-hydrogen) atoms. The third-order valence-corrected chi connectivity index (χ3v) is 6.94. The van der Waals surface area contributed by atoms with E-state index in [4.69, 9.17) is 4.74 Å². The lowest BCUT2D eigenvalue weighted by molar-refractivity contribution is -0.144. The molecule has 0 saturated carbocycles. The minimum absolute atomic E-state index is 0.0234. The lowest BCUT2D eigenvalue weighted by Crippen LogP contribution is -2.48. The van der Waals surface area contributed by atoms with E-state index in [2.05, 4.69) is 13.8 Å². The van der Waals surface area contributed by atoms with Crippen LogP contribution in [-0.2, 0) is 16.0 Å². The van der Waals surface area contributed by atoms with Crippen LogP contribution in [0.2, 0.25) is 0 Å². The number of carbonyl (C=O) groups excluding carboxylic acids is 2. The third-order valence-electron chi connectivity index (χ3n) is 6.94. The van der Waals surface area contributed by atoms with Crippen LogP contribution in [0, 0.1) is 23.0 Å². The van der Waals surface area contributed by atoms with Gasteiger partial charge in [0, 0.05) is 31.7 Å². The fourth-order valence-corrected chi connectivity index (χ4v) is 5.26. The van der Waals surface area contributed by atoms with Crippen molar-refractivity contribution >= 4 is 11.8 Å². The van der Waals surface area contributed by atoms with Gasteiger partial charge in [0.15, 0.2) is 6.61 Å². The maximum absolute atomic E-state index is 13.7. The van der Waals surface area contributed by atoms with Gasteiger partial charge in [0.25, 0.3) is 5.91 Å². The van der Waals surface area contributed by atoms with E-state index in [9.17, 15) is 18.4 Å². The molecule has 2 aliphatic heterocycles. The average Bonchev–Trinajstić information content (AvgIpc) is 3.03. The van der Waals surface area contributed by atoms with Crippen molar-refractivity contribution in [2.75, 3.05) is 26.2 Å². The number of ether oxygens (including phenoxy) is 1. The van der Waals surface area contributed by atoms with Gasteiger partial charge >= 0.3 is 0 Å². The molecule has 0 radical (unpaired) electrons. The van der Waals surface area contributed by atoms with Crippen molar-refractivity contribution in [3.63, 3.8) is 0 Å². The molecule has 1 spiro atoms. The molecular formula is C27H32F2N2O3. The van der Waals surface area contributed by atoms with Crippen LogP contribution in [-0.4, -0.2) is 53.9 Å². The SMILES string of the molecule is CC(C)CN1C(=O)C2(CCN(C(=O)COc3cccc(F)c3)CC2)C[C@@H]1Cc1cccc(F)c1. The molecule has 0 aromatic heterocycles. The second-order valence-corrected chi connectivity index (χ2v) is 9.95. The summed E-state index contributed by atoms with van der Waals surface area (Å²) in [7, 11) is 0. The van der Waals surface area contributed by atoms with Crippen LogP contribution >= 0.6 is 0 Å². The van der Waals surface area contributed by atoms with Gasteiger partial charge in [-0.3, -0.25) is 9.59 Å². The molecular weight excluding hydrogens is 438 g/mol. The first kappa shape index (κ1) is 24.2. The molecule has 5 nitrogen and oxygen atoms in total. The second-order valence-electron chi connectivity index (χ2n) is 9.95. The zero-order valence-electron chi connectivity index (χ0n) is 19.8. The topological polar surface area (TPSA) is 49.9 Å². The largest absolute Gasteiger partial charge is 0.484 e. The minimum atomic E-state index is -0.479. The van der Waals surface area contributed by atoms with Crippen molar-refractivity contribution in [3.8, 4) is 5.75 Å². The number of amides is 2. The normalized spacial score (nSPS) is 19.8. The second kappa shape index (κ2) is 10.1. The van der Waals surface area contributed by atoms with Crippen molar-refractivity contribution in [2.24, 2.45) is 11.3 Å². The van der Waals surface area contributed by atoms with Crippen LogP contribution in [0.5, 0.6) is 5.75 Å². The Bertz CT molecular complexity index is 1030. The summed E-state index contributed by atoms with van der Waals surface area (Å²) >= 11 is 0. The van der Waals surface area contributed by atoms with Crippen LogP contribution < -0.4 is 4.74 Å². The summed E-state index contributed by atoms with van der Waals surface area (Å²) in [5.74, 6) is -0.0405. The Morgan fingerprint density at radius 1 is 1.09 bits per heavy atom. The quantitative estimate of drug-likeness (QED) is 0.601. The van der Waals surface area contributed by atoms with Gasteiger partial charge in [-0.1, -0.05) is 32.0 Å². The van der Waals surface area contributed by atoms with Crippen molar-refractivity contribution in [2.45, 2.75) is 45.6 Å². The van der Waals surface area contributed by atoms with Gasteiger partial charge in [-0.05, 0) is 61.4 Å². The standard InChI is InChI=1S/C27H32F2N2O3/c1-19(2)17-31-23(14-20-5-3-6-21(28)13-20)16-27(26(31)33)9-11-30(12-10-27)25(32)18-34-24-8-4-7-22(29)15-24/h3-8,13,15,19,23H,9-12,14,16-18H2,1-2H3/t23-/m0/s1. The van der Waals surface area contributed by atoms with E-state index in [1.807, 2.05) is 11.0 Å². The third kappa shape index (κ3) is 5.40. The molecule has 1 atom stereocenters. The van der Waals surface area contributed by atoms with E-state index < -0.39 is 11.2 Å². The number of benzene rings is 2. The van der Waals surface area contributed by atoms with Crippen LogP contribution in [0.15, 0.2) is 48.5 Å². The van der Waals surface area contributed by atoms with Crippen LogP contribution in [0.3, 0.4) is 0 Å². The van der Waals surface area contributed by atoms with Crippen LogP contribution in [0.25, 0.3) is 0 Å². The molecule has 182 valence electrons. The van der Waals surface area contributed by atoms with Gasteiger partial charge in [0.05, 0.1) is 5.41 Å². The predicted molar refractivity (Wildman–Crippen MR) is 125 cm³/mol. The van der Waals surface area contributed by atoms with Gasteiger partial charge in [-0.2, -0.15) is 0 Å². The van der Waals surface area contributed by atoms with Crippen LogP contribution in [0.4, 0.5) is 8.78 Å². The number of carbonyl (C=O) groups is 2. The molecule has 2 saturated heterocycles. The molecule has 2 aromatic carbocycles. The number of rotatable bonds is 7. The maximum Gasteiger partial charge on any atom is 0.260 e. The molecule has 2 heterocycles. The molecule has 0 aliphatic carbocycles. The van der Waals surface area contributed by atoms with Gasteiger partial charge in [-0.25, -0.2) is 8.78 Å². The molecule has 4 rings (SSSR count). The lowest BCUT2D eigenvalue weighted by Gasteiger charge is -2.38. The Balaban J connectivity index is 1.39. The first-order chi connectivity index (χ1) is 16.3. The van der Waals surface area contributed by atoms with E-state index in [0.29, 0.717) is 50.6 Å². The molecule has 0 unspecified atom stereocenters. The monoisotopic (exact) mass is 470 g/mol. The zero-order chi connectivity index (χ0) is 24.3. The average molecular weight is 471 g/mol. The first-order valence-corrected chi connectivity index (χ1v) is 12.0. The highest BCUT2D eigenvalue weighted by atomic mass is 19.1. The number of halogens is 2. The Hall–Kier alpha value is -2.96. The summed E-state index contributed by atoms with van der Waals surface area (Å²) in [4.78, 5) is 30.0. The van der Waals surface area contributed by atoms with Crippen molar-refractivity contribution in [3.05, 3.63) is 65.7 Å². The van der Waals surface area contributed by atoms with Gasteiger partial charge < -0.3 is 14.5 Å². The number of likely N-dealkylation sites (tertiary alicyclic amines) is 2. The van der Waals surface area contributed by atoms with Gasteiger partial charge in [-0.15, -0.1) is 0 Å². The van der Waals surface area contributed by atoms with E-state index in [1.165, 1.54) is 24.3 Å². The number of hydrogen-bond donors (Lipinski definition) is 0. The van der Waals surface area contributed by atoms with Crippen molar-refractivity contribution in [1.29, 1.82) is 0 Å². The summed E-state index contributed by atoms with van der Waals surface area (Å²) in [5, 5.41) is 0. The Morgan fingerprint density at radius 2 is 1.76 bits per heavy atom. The highest BCUT2D eigenvalue weighted by Gasteiger charge is 2.52. The van der Waals surface area contributed by atoms with Crippen molar-refractivity contribution in [1.82, 2.24) is 9.80 Å². The molecule has 0 bridgehead atoms. The fraction of sp³-hybridized carbons (Fsp3) is 0.481. The summed E-state index contributed by atoms with van der Waals surface area (Å²) in [6.07, 6.45) is 2.55. The van der Waals surface area contributed by atoms with Gasteiger partial charge in [0.2, 0.25) is 5.91 Å². The summed E-state index contributed by atoms with van der Waals surface area (Å²) in [6.45, 7) is 5.67. The summed E-state index contributed by atoms with van der Waals surface area (Å²) < 4.78 is 32.5. The summed E-state index contributed by atoms with van der Waals surface area (Å²) in [6, 6.07) is 12.3. The number of nitrogens with zero attached hydrogens (tertiary/aromatic N) is 2. The maximum atomic E-state index is 13.7. The Labute approximate surface area is 199 Å². The smallest absolute Gasteiger partial charge is 0.260 e. The highest BCUT2D eigenvalue weighted by molar-refractivity contribution is 5.86. The van der Waals surface area contributed by atoms with Crippen molar-refractivity contribution < 1.29 is 23.1 Å². The Kier molecular flexibility index (Phi) is 7.19. The fourth-order valence-electron chi connectivity index (χ4n) is 5.26. The molecule has 2 fully saturated rings. The van der Waals surface area contributed by atoms with Crippen LogP contribution in [0.1, 0.15) is 38.7 Å². The Morgan fingerprint density at radius 3 is 2.41 bits per heavy atom. The highest BCUT2D eigenvalue weighted by Crippen LogP contribution is 2.45. The number of hydrogen-bond acceptors (Lipinski definition) is 3. The molecule has 0 N–H and O–H groups in total. The van der Waals surface area contributed by atoms with E-state index in [0.717, 1.165) is 12.0 Å². The lowest BCUT2D eigenvalue weighted by atomic mass is 9.75. The van der Waals surface area contributed by atoms with Gasteiger partial charge in [0.1, 0.15) is 17.4 Å².